The van der Waals surface area contributed by atoms with Crippen LogP contribution in [-0.2, 0) is 4.74 Å². The number of carbonyl (C=O) groups is 1. The molecule has 0 aromatic heterocycles. The van der Waals surface area contributed by atoms with E-state index in [1.54, 1.807) is 0 Å². The third-order valence-electron chi connectivity index (χ3n) is 2.78. The molecule has 0 atom stereocenters. The summed E-state index contributed by atoms with van der Waals surface area (Å²) in [6.45, 7) is 10.4. The number of hydrogen-bond acceptors (Lipinski definition) is 4. The average molecular weight is 350 g/mol. The van der Waals surface area contributed by atoms with Crippen molar-refractivity contribution < 1.29 is 14.3 Å². The van der Waals surface area contributed by atoms with Crippen LogP contribution in [0.15, 0.2) is 29.3 Å². The van der Waals surface area contributed by atoms with E-state index in [1.165, 1.54) is 0 Å². The van der Waals surface area contributed by atoms with Crippen LogP contribution in [-0.4, -0.2) is 36.8 Å². The van der Waals surface area contributed by atoms with Gasteiger partial charge in [0.25, 0.3) is 0 Å². The maximum absolute atomic E-state index is 11.5. The van der Waals surface area contributed by atoms with Crippen LogP contribution in [0.4, 0.5) is 10.5 Å². The van der Waals surface area contributed by atoms with Gasteiger partial charge >= 0.3 is 6.09 Å². The van der Waals surface area contributed by atoms with Gasteiger partial charge in [0.1, 0.15) is 11.4 Å². The van der Waals surface area contributed by atoms with E-state index in [0.29, 0.717) is 25.5 Å². The summed E-state index contributed by atoms with van der Waals surface area (Å²) in [5.41, 5.74) is 6.19. The number of nitrogens with one attached hydrogen (secondary N) is 2. The Morgan fingerprint density at radius 2 is 1.88 bits per heavy atom. The van der Waals surface area contributed by atoms with Gasteiger partial charge in [-0.1, -0.05) is 0 Å². The maximum Gasteiger partial charge on any atom is 0.407 e. The number of carbonyl (C=O) groups excluding carboxylic acids is 1. The normalized spacial score (nSPS) is 12.0. The molecule has 7 heteroatoms. The molecule has 1 aromatic rings. The quantitative estimate of drug-likeness (QED) is 0.399. The molecule has 25 heavy (non-hydrogen) atoms. The second-order valence-corrected chi connectivity index (χ2v) is 6.87. The van der Waals surface area contributed by atoms with Crippen LogP contribution in [0, 0.1) is 0 Å². The van der Waals surface area contributed by atoms with Crippen molar-refractivity contribution in [1.29, 1.82) is 0 Å². The van der Waals surface area contributed by atoms with E-state index in [4.69, 9.17) is 15.2 Å². The molecule has 140 valence electrons. The molecule has 0 aliphatic heterocycles. The Morgan fingerprint density at radius 3 is 2.44 bits per heavy atom. The first-order valence-corrected chi connectivity index (χ1v) is 8.46. The van der Waals surface area contributed by atoms with Gasteiger partial charge in [-0.05, 0) is 65.3 Å². The number of guanidine groups is 1. The van der Waals surface area contributed by atoms with E-state index >= 15 is 0 Å². The van der Waals surface area contributed by atoms with E-state index < -0.39 is 11.7 Å². The summed E-state index contributed by atoms with van der Waals surface area (Å²) in [6, 6.07) is 7.51. The minimum atomic E-state index is -0.494. The Balaban J connectivity index is 2.28. The lowest BCUT2D eigenvalue weighted by atomic mass is 10.2. The molecule has 0 aliphatic carbocycles. The number of amides is 1. The summed E-state index contributed by atoms with van der Waals surface area (Å²) in [5, 5.41) is 5.69. The Labute approximate surface area is 150 Å². The predicted molar refractivity (Wildman–Crippen MR) is 101 cm³/mol. The summed E-state index contributed by atoms with van der Waals surface area (Å²) in [4.78, 5) is 15.7. The van der Waals surface area contributed by atoms with Crippen LogP contribution in [0.1, 0.15) is 41.0 Å². The zero-order valence-electron chi connectivity index (χ0n) is 15.8. The molecule has 0 fully saturated rings. The molecule has 1 rings (SSSR count). The summed E-state index contributed by atoms with van der Waals surface area (Å²) in [7, 11) is 0. The minimum Gasteiger partial charge on any atom is -0.491 e. The molecule has 0 bridgehead atoms. The largest absolute Gasteiger partial charge is 0.491 e. The number of aliphatic imine (C=N–C) groups is 1. The van der Waals surface area contributed by atoms with Crippen molar-refractivity contribution in [2.75, 3.05) is 18.4 Å². The molecule has 0 saturated heterocycles. The molecule has 4 N–H and O–H groups in total. The van der Waals surface area contributed by atoms with Crippen molar-refractivity contribution in [1.82, 2.24) is 5.32 Å². The number of anilines is 1. The summed E-state index contributed by atoms with van der Waals surface area (Å²) >= 11 is 0. The smallest absolute Gasteiger partial charge is 0.407 e. The van der Waals surface area contributed by atoms with Gasteiger partial charge in [-0.3, -0.25) is 4.99 Å². The number of alkyl carbamates (subject to hydrolysis) is 1. The minimum absolute atomic E-state index is 0.139. The highest BCUT2D eigenvalue weighted by Gasteiger charge is 2.15. The molecule has 1 amide bonds. The molecule has 0 saturated carbocycles. The van der Waals surface area contributed by atoms with Crippen molar-refractivity contribution in [3.8, 4) is 5.75 Å². The molecule has 0 heterocycles. The highest BCUT2D eigenvalue weighted by molar-refractivity contribution is 5.92. The first-order chi connectivity index (χ1) is 11.7. The van der Waals surface area contributed by atoms with E-state index in [1.807, 2.05) is 58.9 Å². The van der Waals surface area contributed by atoms with Crippen LogP contribution in [0.3, 0.4) is 0 Å². The molecule has 1 aromatic carbocycles. The lowest BCUT2D eigenvalue weighted by Crippen LogP contribution is -2.33. The van der Waals surface area contributed by atoms with Crippen molar-refractivity contribution >= 4 is 17.7 Å². The van der Waals surface area contributed by atoms with Gasteiger partial charge in [-0.15, -0.1) is 0 Å². The highest BCUT2D eigenvalue weighted by Crippen LogP contribution is 2.16. The number of hydrogen-bond donors (Lipinski definition) is 3. The topological polar surface area (TPSA) is 98.0 Å². The fourth-order valence-electron chi connectivity index (χ4n) is 1.86. The van der Waals surface area contributed by atoms with E-state index in [2.05, 4.69) is 15.6 Å². The first kappa shape index (κ1) is 20.6. The zero-order chi connectivity index (χ0) is 18.9. The van der Waals surface area contributed by atoms with Crippen LogP contribution < -0.4 is 21.1 Å². The number of nitrogens with two attached hydrogens (primary N) is 1. The highest BCUT2D eigenvalue weighted by atomic mass is 16.6. The summed E-state index contributed by atoms with van der Waals surface area (Å²) in [5.74, 6) is 1.14. The van der Waals surface area contributed by atoms with Crippen molar-refractivity contribution in [3.05, 3.63) is 24.3 Å². The number of rotatable bonds is 7. The number of ether oxygens (including phenoxy) is 2. The fraction of sp³-hybridized carbons (Fsp3) is 0.556. The van der Waals surface area contributed by atoms with Gasteiger partial charge in [0.05, 0.1) is 6.10 Å². The third kappa shape index (κ3) is 10.1. The van der Waals surface area contributed by atoms with Gasteiger partial charge in [0.2, 0.25) is 0 Å². The van der Waals surface area contributed by atoms with Crippen LogP contribution >= 0.6 is 0 Å². The molecular formula is C18H30N4O3. The Morgan fingerprint density at radius 1 is 1.24 bits per heavy atom. The van der Waals surface area contributed by atoms with Crippen LogP contribution in [0.25, 0.3) is 0 Å². The standard InChI is InChI=1S/C18H30N4O3/c1-13(2)24-15-9-7-14(8-10-15)22-16(19)20-11-6-12-21-17(23)25-18(3,4)5/h7-10,13H,6,11-12H2,1-5H3,(H,21,23)(H3,19,20,22). The Bertz CT molecular complexity index is 563. The van der Waals surface area contributed by atoms with Crippen molar-refractivity contribution in [2.24, 2.45) is 10.7 Å². The molecule has 0 unspecified atom stereocenters. The van der Waals surface area contributed by atoms with E-state index in [9.17, 15) is 4.79 Å². The zero-order valence-corrected chi connectivity index (χ0v) is 15.8. The summed E-state index contributed by atoms with van der Waals surface area (Å²) < 4.78 is 10.7. The van der Waals surface area contributed by atoms with Gasteiger partial charge in [-0.25, -0.2) is 4.79 Å². The maximum atomic E-state index is 11.5. The van der Waals surface area contributed by atoms with Gasteiger partial charge in [-0.2, -0.15) is 0 Å². The lowest BCUT2D eigenvalue weighted by molar-refractivity contribution is 0.0527. The first-order valence-electron chi connectivity index (χ1n) is 8.46. The van der Waals surface area contributed by atoms with Gasteiger partial charge in [0.15, 0.2) is 5.96 Å². The summed E-state index contributed by atoms with van der Waals surface area (Å²) in [6.07, 6.45) is 0.383. The molecular weight excluding hydrogens is 320 g/mol. The van der Waals surface area contributed by atoms with Crippen molar-refractivity contribution in [3.63, 3.8) is 0 Å². The Hall–Kier alpha value is -2.44. The lowest BCUT2D eigenvalue weighted by Gasteiger charge is -2.19. The van der Waals surface area contributed by atoms with E-state index in [0.717, 1.165) is 11.4 Å². The molecule has 7 nitrogen and oxygen atoms in total. The van der Waals surface area contributed by atoms with Gasteiger partial charge in [0, 0.05) is 18.8 Å². The Kier molecular flexibility index (Phi) is 8.04. The molecule has 0 radical (unpaired) electrons. The molecule has 0 spiro atoms. The van der Waals surface area contributed by atoms with E-state index in [-0.39, 0.29) is 6.10 Å². The van der Waals surface area contributed by atoms with Crippen LogP contribution in [0.5, 0.6) is 5.75 Å². The third-order valence-corrected chi connectivity index (χ3v) is 2.78. The second kappa shape index (κ2) is 9.76. The monoisotopic (exact) mass is 350 g/mol. The number of benzene rings is 1. The second-order valence-electron chi connectivity index (χ2n) is 6.87. The predicted octanol–water partition coefficient (Wildman–Crippen LogP) is 3.12. The molecule has 0 aliphatic rings. The average Bonchev–Trinajstić information content (AvgIpc) is 2.46. The van der Waals surface area contributed by atoms with Crippen molar-refractivity contribution in [2.45, 2.75) is 52.7 Å². The van der Waals surface area contributed by atoms with Gasteiger partial charge < -0.3 is 25.8 Å². The van der Waals surface area contributed by atoms with Crippen LogP contribution in [0.2, 0.25) is 0 Å². The fourth-order valence-corrected chi connectivity index (χ4v) is 1.86. The number of nitrogens with zero attached hydrogens (tertiary/aromatic N) is 1. The SMILES string of the molecule is CC(C)Oc1ccc(NC(N)=NCCCNC(=O)OC(C)(C)C)cc1.